The molecule has 0 radical (unpaired) electrons. The second kappa shape index (κ2) is 5.03. The number of hydrogen-bond donors (Lipinski definition) is 2. The second-order valence-electron chi connectivity index (χ2n) is 4.04. The first-order chi connectivity index (χ1) is 8.59. The lowest BCUT2D eigenvalue weighted by atomic mass is 10.1. The number of nitrogens with one attached hydrogen (secondary N) is 1. The number of rotatable bonds is 4. The molecular formula is C12H14FN3O2. The zero-order valence-electron chi connectivity index (χ0n) is 9.98. The summed E-state index contributed by atoms with van der Waals surface area (Å²) in [7, 11) is 1.61. The highest BCUT2D eigenvalue weighted by atomic mass is 19.1. The Hall–Kier alpha value is -2.11. The highest BCUT2D eigenvalue weighted by Crippen LogP contribution is 2.23. The minimum Gasteiger partial charge on any atom is -0.480 e. The first-order valence-corrected chi connectivity index (χ1v) is 5.59. The number of nitrogens with zero attached hydrogens (tertiary/aromatic N) is 2. The van der Waals surface area contributed by atoms with Crippen molar-refractivity contribution in [3.63, 3.8) is 0 Å². The van der Waals surface area contributed by atoms with Gasteiger partial charge in [0.15, 0.2) is 0 Å². The van der Waals surface area contributed by atoms with Crippen molar-refractivity contribution in [2.75, 3.05) is 31.6 Å². The third kappa shape index (κ3) is 2.42. The van der Waals surface area contributed by atoms with Crippen LogP contribution in [0.3, 0.4) is 0 Å². The van der Waals surface area contributed by atoms with Crippen LogP contribution < -0.4 is 10.2 Å². The lowest BCUT2D eigenvalue weighted by Gasteiger charge is -2.21. The van der Waals surface area contributed by atoms with E-state index in [2.05, 4.69) is 10.3 Å². The summed E-state index contributed by atoms with van der Waals surface area (Å²) in [5.41, 5.74) is 0.851. The monoisotopic (exact) mass is 251 g/mol. The molecule has 1 aromatic rings. The summed E-state index contributed by atoms with van der Waals surface area (Å²) in [5.74, 6) is -0.882. The van der Waals surface area contributed by atoms with Gasteiger partial charge in [-0.1, -0.05) is 6.07 Å². The first kappa shape index (κ1) is 12.3. The van der Waals surface area contributed by atoms with Gasteiger partial charge in [-0.15, -0.1) is 0 Å². The molecule has 0 atom stereocenters. The average Bonchev–Trinajstić information content (AvgIpc) is 2.80. The Morgan fingerprint density at radius 3 is 3.00 bits per heavy atom. The summed E-state index contributed by atoms with van der Waals surface area (Å²) < 4.78 is 13.9. The summed E-state index contributed by atoms with van der Waals surface area (Å²) in [6.45, 7) is 1.08. The second-order valence-corrected chi connectivity index (χ2v) is 4.04. The Morgan fingerprint density at radius 2 is 2.39 bits per heavy atom. The fraction of sp³-hybridized carbons (Fsp3) is 0.333. The number of halogens is 1. The van der Waals surface area contributed by atoms with Crippen LogP contribution >= 0.6 is 0 Å². The van der Waals surface area contributed by atoms with Gasteiger partial charge in [-0.05, 0) is 12.1 Å². The van der Waals surface area contributed by atoms with E-state index in [0.29, 0.717) is 30.2 Å². The third-order valence-corrected chi connectivity index (χ3v) is 2.69. The maximum atomic E-state index is 13.9. The molecule has 1 aliphatic rings. The average molecular weight is 251 g/mol. The van der Waals surface area contributed by atoms with Crippen molar-refractivity contribution in [1.82, 2.24) is 5.32 Å². The molecule has 0 bridgehead atoms. The molecule has 0 spiro atoms. The molecule has 6 heteroatoms. The van der Waals surface area contributed by atoms with Crippen molar-refractivity contribution in [2.24, 2.45) is 4.99 Å². The van der Waals surface area contributed by atoms with Gasteiger partial charge >= 0.3 is 5.97 Å². The van der Waals surface area contributed by atoms with Gasteiger partial charge in [0.05, 0.1) is 17.8 Å². The summed E-state index contributed by atoms with van der Waals surface area (Å²) in [5, 5.41) is 11.8. The van der Waals surface area contributed by atoms with Crippen LogP contribution in [0, 0.1) is 5.82 Å². The number of anilines is 1. The minimum absolute atomic E-state index is 0.191. The SMILES string of the molecule is CN(CC(=O)O)c1cccc(F)c1C1=NCCN1. The zero-order chi connectivity index (χ0) is 13.1. The van der Waals surface area contributed by atoms with Crippen molar-refractivity contribution in [3.8, 4) is 0 Å². The maximum Gasteiger partial charge on any atom is 0.323 e. The Morgan fingerprint density at radius 1 is 1.61 bits per heavy atom. The molecule has 0 aromatic heterocycles. The van der Waals surface area contributed by atoms with Crippen LogP contribution in [-0.4, -0.2) is 43.6 Å². The van der Waals surface area contributed by atoms with Gasteiger partial charge in [-0.3, -0.25) is 9.79 Å². The van der Waals surface area contributed by atoms with E-state index in [-0.39, 0.29) is 6.54 Å². The molecule has 1 heterocycles. The Balaban J connectivity index is 2.40. The third-order valence-electron chi connectivity index (χ3n) is 2.69. The number of amidine groups is 1. The number of carboxylic acid groups (broad SMARTS) is 1. The zero-order valence-corrected chi connectivity index (χ0v) is 9.98. The van der Waals surface area contributed by atoms with Gasteiger partial charge in [-0.2, -0.15) is 0 Å². The number of benzene rings is 1. The highest BCUT2D eigenvalue weighted by Gasteiger charge is 2.20. The van der Waals surface area contributed by atoms with Gasteiger partial charge in [0, 0.05) is 13.6 Å². The smallest absolute Gasteiger partial charge is 0.323 e. The molecule has 0 fully saturated rings. The van der Waals surface area contributed by atoms with E-state index in [1.54, 1.807) is 19.2 Å². The number of carbonyl (C=O) groups is 1. The Labute approximate surface area is 104 Å². The normalized spacial score (nSPS) is 14.0. The number of likely N-dealkylation sites (N-methyl/N-ethyl adjacent to an activating group) is 1. The van der Waals surface area contributed by atoms with Crippen LogP contribution in [0.2, 0.25) is 0 Å². The lowest BCUT2D eigenvalue weighted by Crippen LogP contribution is -2.29. The quantitative estimate of drug-likeness (QED) is 0.826. The molecule has 2 rings (SSSR count). The topological polar surface area (TPSA) is 64.9 Å². The van der Waals surface area contributed by atoms with Crippen molar-refractivity contribution >= 4 is 17.5 Å². The van der Waals surface area contributed by atoms with Crippen molar-refractivity contribution < 1.29 is 14.3 Å². The van der Waals surface area contributed by atoms with E-state index < -0.39 is 11.8 Å². The summed E-state index contributed by atoms with van der Waals surface area (Å²) in [6, 6.07) is 4.59. The number of aliphatic carboxylic acids is 1. The van der Waals surface area contributed by atoms with Crippen molar-refractivity contribution in [1.29, 1.82) is 0 Å². The van der Waals surface area contributed by atoms with Gasteiger partial charge < -0.3 is 15.3 Å². The molecule has 1 aromatic carbocycles. The molecule has 0 amide bonds. The maximum absolute atomic E-state index is 13.9. The van der Waals surface area contributed by atoms with Gasteiger partial charge in [0.1, 0.15) is 18.2 Å². The van der Waals surface area contributed by atoms with Crippen molar-refractivity contribution in [2.45, 2.75) is 0 Å². The molecule has 18 heavy (non-hydrogen) atoms. The number of hydrogen-bond acceptors (Lipinski definition) is 4. The van der Waals surface area contributed by atoms with E-state index in [0.717, 1.165) is 0 Å². The van der Waals surface area contributed by atoms with E-state index in [1.165, 1.54) is 11.0 Å². The van der Waals surface area contributed by atoms with Gasteiger partial charge in [0.2, 0.25) is 0 Å². The van der Waals surface area contributed by atoms with Crippen molar-refractivity contribution in [3.05, 3.63) is 29.6 Å². The molecule has 96 valence electrons. The van der Waals surface area contributed by atoms with Crippen LogP contribution in [0.5, 0.6) is 0 Å². The fourth-order valence-corrected chi connectivity index (χ4v) is 1.92. The minimum atomic E-state index is -0.964. The largest absolute Gasteiger partial charge is 0.480 e. The number of carboxylic acids is 1. The van der Waals surface area contributed by atoms with Crippen LogP contribution in [0.1, 0.15) is 5.56 Å². The lowest BCUT2D eigenvalue weighted by molar-refractivity contribution is -0.135. The van der Waals surface area contributed by atoms with E-state index >= 15 is 0 Å². The first-order valence-electron chi connectivity index (χ1n) is 5.59. The van der Waals surface area contributed by atoms with Crippen LogP contribution in [-0.2, 0) is 4.79 Å². The van der Waals surface area contributed by atoms with Crippen LogP contribution in [0.4, 0.5) is 10.1 Å². The molecule has 2 N–H and O–H groups in total. The molecule has 0 aliphatic carbocycles. The van der Waals surface area contributed by atoms with Gasteiger partial charge in [0.25, 0.3) is 0 Å². The summed E-state index contributed by atoms with van der Waals surface area (Å²) in [4.78, 5) is 16.4. The van der Waals surface area contributed by atoms with Crippen LogP contribution in [0.15, 0.2) is 23.2 Å². The highest BCUT2D eigenvalue weighted by molar-refractivity contribution is 6.05. The van der Waals surface area contributed by atoms with Crippen LogP contribution in [0.25, 0.3) is 0 Å². The molecule has 0 saturated carbocycles. The Kier molecular flexibility index (Phi) is 3.45. The fourth-order valence-electron chi connectivity index (χ4n) is 1.92. The molecule has 0 saturated heterocycles. The molecular weight excluding hydrogens is 237 g/mol. The number of aliphatic imine (C=N–C) groups is 1. The predicted octanol–water partition coefficient (Wildman–Crippen LogP) is 0.696. The molecule has 0 unspecified atom stereocenters. The van der Waals surface area contributed by atoms with Gasteiger partial charge in [-0.25, -0.2) is 4.39 Å². The Bertz CT molecular complexity index is 502. The summed E-state index contributed by atoms with van der Waals surface area (Å²) in [6.07, 6.45) is 0. The molecule has 1 aliphatic heterocycles. The van der Waals surface area contributed by atoms with E-state index in [4.69, 9.17) is 5.11 Å². The molecule has 5 nitrogen and oxygen atoms in total. The predicted molar refractivity (Wildman–Crippen MR) is 66.7 cm³/mol. The van der Waals surface area contributed by atoms with E-state index in [1.807, 2.05) is 0 Å². The van der Waals surface area contributed by atoms with E-state index in [9.17, 15) is 9.18 Å². The summed E-state index contributed by atoms with van der Waals surface area (Å²) >= 11 is 0. The standard InChI is InChI=1S/C12H14FN3O2/c1-16(7-10(17)18)9-4-2-3-8(13)11(9)12-14-5-6-15-12/h2-4H,5-7H2,1H3,(H,14,15)(H,17,18).